The van der Waals surface area contributed by atoms with Gasteiger partial charge in [-0.2, -0.15) is 0 Å². The maximum Gasteiger partial charge on any atom is 0.305 e. The number of phenols is 2. The van der Waals surface area contributed by atoms with E-state index in [1.165, 1.54) is 0 Å². The first-order chi connectivity index (χ1) is 12.0. The number of hydrogen-bond acceptors (Lipinski definition) is 4. The second-order valence-corrected chi connectivity index (χ2v) is 6.50. The van der Waals surface area contributed by atoms with Crippen LogP contribution in [0.3, 0.4) is 0 Å². The molecular weight excluding hydrogens is 316 g/mol. The number of aromatic hydroxyl groups is 2. The molecule has 2 rings (SSSR count). The van der Waals surface area contributed by atoms with E-state index in [4.69, 9.17) is 4.74 Å². The van der Waals surface area contributed by atoms with Crippen molar-refractivity contribution < 1.29 is 19.7 Å². The lowest BCUT2D eigenvalue weighted by molar-refractivity contribution is -0.144. The average molecular weight is 342 g/mol. The van der Waals surface area contributed by atoms with Crippen molar-refractivity contribution in [1.82, 2.24) is 0 Å². The Bertz CT molecular complexity index is 629. The third-order valence-electron chi connectivity index (χ3n) is 4.60. The van der Waals surface area contributed by atoms with Gasteiger partial charge in [0.15, 0.2) is 0 Å². The number of carbonyl (C=O) groups is 1. The Labute approximate surface area is 149 Å². The van der Waals surface area contributed by atoms with Gasteiger partial charge in [0.2, 0.25) is 0 Å². The van der Waals surface area contributed by atoms with Crippen LogP contribution < -0.4 is 0 Å². The number of carbonyl (C=O) groups excluding carboxylic acids is 1. The van der Waals surface area contributed by atoms with Crippen LogP contribution in [0.2, 0.25) is 0 Å². The third-order valence-corrected chi connectivity index (χ3v) is 4.60. The van der Waals surface area contributed by atoms with Crippen LogP contribution in [0.1, 0.15) is 50.7 Å². The van der Waals surface area contributed by atoms with Gasteiger partial charge < -0.3 is 14.9 Å². The lowest BCUT2D eigenvalue weighted by Gasteiger charge is -2.31. The molecule has 0 amide bonds. The van der Waals surface area contributed by atoms with Crippen molar-refractivity contribution in [2.45, 2.75) is 44.9 Å². The van der Waals surface area contributed by atoms with E-state index < -0.39 is 5.41 Å². The van der Waals surface area contributed by atoms with Crippen molar-refractivity contribution in [3.63, 3.8) is 0 Å². The molecule has 134 valence electrons. The van der Waals surface area contributed by atoms with E-state index in [9.17, 15) is 15.0 Å². The first kappa shape index (κ1) is 18.8. The van der Waals surface area contributed by atoms with Gasteiger partial charge in [-0.05, 0) is 48.2 Å². The highest BCUT2D eigenvalue weighted by Crippen LogP contribution is 2.37. The molecule has 2 aromatic carbocycles. The summed E-state index contributed by atoms with van der Waals surface area (Å²) in [5, 5.41) is 19.1. The quantitative estimate of drug-likeness (QED) is 0.546. The summed E-state index contributed by atoms with van der Waals surface area (Å²) < 4.78 is 5.27. The van der Waals surface area contributed by atoms with Gasteiger partial charge in [0, 0.05) is 11.8 Å². The molecule has 0 saturated heterocycles. The zero-order valence-electron chi connectivity index (χ0n) is 14.9. The second kappa shape index (κ2) is 8.56. The van der Waals surface area contributed by atoms with E-state index in [0.29, 0.717) is 19.4 Å². The number of rotatable bonds is 8. The van der Waals surface area contributed by atoms with Crippen molar-refractivity contribution in [1.29, 1.82) is 0 Å². The van der Waals surface area contributed by atoms with Gasteiger partial charge in [0.25, 0.3) is 0 Å². The Kier molecular flexibility index (Phi) is 6.45. The molecule has 0 bridgehead atoms. The molecule has 0 aliphatic heterocycles. The van der Waals surface area contributed by atoms with Crippen LogP contribution in [-0.2, 0) is 14.9 Å². The predicted molar refractivity (Wildman–Crippen MR) is 97.8 cm³/mol. The minimum absolute atomic E-state index is 0.197. The summed E-state index contributed by atoms with van der Waals surface area (Å²) in [4.78, 5) is 12.0. The maximum atomic E-state index is 12.0. The number of ether oxygens (including phenoxy) is 1. The van der Waals surface area contributed by atoms with E-state index in [0.717, 1.165) is 24.0 Å². The Hall–Kier alpha value is -2.49. The molecule has 0 spiro atoms. The molecule has 0 saturated carbocycles. The van der Waals surface area contributed by atoms with Gasteiger partial charge in [0.1, 0.15) is 11.5 Å². The summed E-state index contributed by atoms with van der Waals surface area (Å²) >= 11 is 0. The number of benzene rings is 2. The molecule has 0 aliphatic rings. The Morgan fingerprint density at radius 2 is 1.44 bits per heavy atom. The SMILES string of the molecule is CCCCOC(=O)CCC(C)(c1ccc(O)cc1)c1ccc(O)cc1. The lowest BCUT2D eigenvalue weighted by Crippen LogP contribution is -2.25. The first-order valence-electron chi connectivity index (χ1n) is 8.70. The minimum Gasteiger partial charge on any atom is -0.508 e. The van der Waals surface area contributed by atoms with Crippen LogP contribution in [0.25, 0.3) is 0 Å². The molecule has 0 heterocycles. The van der Waals surface area contributed by atoms with Gasteiger partial charge >= 0.3 is 5.97 Å². The van der Waals surface area contributed by atoms with Crippen LogP contribution in [0.4, 0.5) is 0 Å². The molecule has 0 radical (unpaired) electrons. The summed E-state index contributed by atoms with van der Waals surface area (Å²) in [6.45, 7) is 4.58. The summed E-state index contributed by atoms with van der Waals surface area (Å²) in [7, 11) is 0. The minimum atomic E-state index is -0.425. The van der Waals surface area contributed by atoms with Crippen molar-refractivity contribution in [3.05, 3.63) is 59.7 Å². The first-order valence-corrected chi connectivity index (χ1v) is 8.70. The Morgan fingerprint density at radius 1 is 0.960 bits per heavy atom. The molecule has 0 aliphatic carbocycles. The van der Waals surface area contributed by atoms with Crippen LogP contribution in [0.5, 0.6) is 11.5 Å². The molecule has 4 nitrogen and oxygen atoms in total. The van der Waals surface area contributed by atoms with Crippen molar-refractivity contribution in [3.8, 4) is 11.5 Å². The largest absolute Gasteiger partial charge is 0.508 e. The smallest absolute Gasteiger partial charge is 0.305 e. The molecule has 4 heteroatoms. The van der Waals surface area contributed by atoms with E-state index in [2.05, 4.69) is 13.8 Å². The zero-order valence-corrected chi connectivity index (χ0v) is 14.9. The molecule has 0 unspecified atom stereocenters. The predicted octanol–water partition coefficient (Wildman–Crippen LogP) is 4.53. The molecule has 0 atom stereocenters. The van der Waals surface area contributed by atoms with E-state index >= 15 is 0 Å². The fourth-order valence-electron chi connectivity index (χ4n) is 2.87. The Morgan fingerprint density at radius 3 is 1.88 bits per heavy atom. The zero-order chi connectivity index (χ0) is 18.3. The maximum absolute atomic E-state index is 12.0. The standard InChI is InChI=1S/C21H26O4/c1-3-4-15-25-20(24)13-14-21(2,16-5-9-18(22)10-6-16)17-7-11-19(23)12-8-17/h5-12,22-23H,3-4,13-15H2,1-2H3. The van der Waals surface area contributed by atoms with Crippen LogP contribution >= 0.6 is 0 Å². The van der Waals surface area contributed by atoms with Crippen molar-refractivity contribution in [2.75, 3.05) is 6.61 Å². The highest BCUT2D eigenvalue weighted by Gasteiger charge is 2.30. The number of hydrogen-bond donors (Lipinski definition) is 2. The fourth-order valence-corrected chi connectivity index (χ4v) is 2.87. The number of phenolic OH excluding ortho intramolecular Hbond substituents is 2. The highest BCUT2D eigenvalue weighted by atomic mass is 16.5. The van der Waals surface area contributed by atoms with E-state index in [-0.39, 0.29) is 17.5 Å². The fraction of sp³-hybridized carbons (Fsp3) is 0.381. The van der Waals surface area contributed by atoms with Crippen molar-refractivity contribution >= 4 is 5.97 Å². The van der Waals surface area contributed by atoms with Gasteiger partial charge in [-0.3, -0.25) is 4.79 Å². The van der Waals surface area contributed by atoms with Gasteiger partial charge in [-0.1, -0.05) is 44.5 Å². The average Bonchev–Trinajstić information content (AvgIpc) is 2.61. The summed E-state index contributed by atoms with van der Waals surface area (Å²) in [5.74, 6) is 0.212. The summed E-state index contributed by atoms with van der Waals surface area (Å²) in [6, 6.07) is 14.0. The van der Waals surface area contributed by atoms with Gasteiger partial charge in [-0.15, -0.1) is 0 Å². The van der Waals surface area contributed by atoms with Gasteiger partial charge in [0.05, 0.1) is 6.61 Å². The molecule has 2 aromatic rings. The van der Waals surface area contributed by atoms with E-state index in [1.807, 2.05) is 24.3 Å². The monoisotopic (exact) mass is 342 g/mol. The topological polar surface area (TPSA) is 66.8 Å². The van der Waals surface area contributed by atoms with Crippen LogP contribution in [0, 0.1) is 0 Å². The highest BCUT2D eigenvalue weighted by molar-refractivity contribution is 5.69. The number of esters is 1. The molecular formula is C21H26O4. The Balaban J connectivity index is 2.21. The summed E-state index contributed by atoms with van der Waals surface area (Å²) in [5.41, 5.74) is 1.57. The van der Waals surface area contributed by atoms with Crippen LogP contribution in [0.15, 0.2) is 48.5 Å². The van der Waals surface area contributed by atoms with Gasteiger partial charge in [-0.25, -0.2) is 0 Å². The van der Waals surface area contributed by atoms with Crippen LogP contribution in [-0.4, -0.2) is 22.8 Å². The normalized spacial score (nSPS) is 11.3. The third kappa shape index (κ3) is 4.99. The summed E-state index contributed by atoms with van der Waals surface area (Å²) in [6.07, 6.45) is 2.75. The van der Waals surface area contributed by atoms with E-state index in [1.54, 1.807) is 24.3 Å². The lowest BCUT2D eigenvalue weighted by atomic mass is 9.73. The van der Waals surface area contributed by atoms with Crippen molar-refractivity contribution in [2.24, 2.45) is 0 Å². The second-order valence-electron chi connectivity index (χ2n) is 6.50. The molecule has 25 heavy (non-hydrogen) atoms. The number of unbranched alkanes of at least 4 members (excludes halogenated alkanes) is 1. The molecule has 0 aromatic heterocycles. The molecule has 0 fully saturated rings. The molecule has 2 N–H and O–H groups in total.